The second-order valence-electron chi connectivity index (χ2n) is 4.67. The second-order valence-corrected chi connectivity index (χ2v) is 5.88. The van der Waals surface area contributed by atoms with Crippen LogP contribution in [0.1, 0.15) is 16.7 Å². The van der Waals surface area contributed by atoms with E-state index in [1.807, 2.05) is 43.3 Å². The molecule has 0 aliphatic carbocycles. The van der Waals surface area contributed by atoms with Gasteiger partial charge in [-0.05, 0) is 36.3 Å². The van der Waals surface area contributed by atoms with E-state index >= 15 is 0 Å². The minimum atomic E-state index is -3.92. The molecule has 1 heterocycles. The molecule has 0 bridgehead atoms. The number of fused-ring (bicyclic) bond motifs is 1. The SMILES string of the molecule is Cc1ccccc1/C=C/C1=NS(=O)(=O)Oc2ccccc21. The predicted octanol–water partition coefficient (Wildman–Crippen LogP) is 3.13. The molecule has 5 heteroatoms. The quantitative estimate of drug-likeness (QED) is 0.856. The Balaban J connectivity index is 2.05. The van der Waals surface area contributed by atoms with Crippen LogP contribution in [0.3, 0.4) is 0 Å². The lowest BCUT2D eigenvalue weighted by Gasteiger charge is -2.14. The Morgan fingerprint density at radius 2 is 1.71 bits per heavy atom. The summed E-state index contributed by atoms with van der Waals surface area (Å²) in [4.78, 5) is 0. The summed E-state index contributed by atoms with van der Waals surface area (Å²) >= 11 is 0. The Morgan fingerprint density at radius 3 is 2.52 bits per heavy atom. The van der Waals surface area contributed by atoms with Crippen molar-refractivity contribution in [3.63, 3.8) is 0 Å². The predicted molar refractivity (Wildman–Crippen MR) is 82.7 cm³/mol. The molecular weight excluding hydrogens is 286 g/mol. The first-order chi connectivity index (χ1) is 10.1. The fraction of sp³-hybridized carbons (Fsp3) is 0.0625. The van der Waals surface area contributed by atoms with E-state index in [0.29, 0.717) is 17.0 Å². The summed E-state index contributed by atoms with van der Waals surface area (Å²) in [5.41, 5.74) is 3.16. The van der Waals surface area contributed by atoms with E-state index in [4.69, 9.17) is 4.18 Å². The molecule has 0 atom stereocenters. The maximum atomic E-state index is 11.7. The number of allylic oxidation sites excluding steroid dienone is 1. The first kappa shape index (κ1) is 13.6. The van der Waals surface area contributed by atoms with Gasteiger partial charge in [0, 0.05) is 5.56 Å². The highest BCUT2D eigenvalue weighted by Gasteiger charge is 2.22. The van der Waals surface area contributed by atoms with Crippen molar-refractivity contribution in [3.05, 3.63) is 71.3 Å². The Labute approximate surface area is 123 Å². The van der Waals surface area contributed by atoms with Crippen molar-refractivity contribution < 1.29 is 12.6 Å². The van der Waals surface area contributed by atoms with Gasteiger partial charge in [-0.2, -0.15) is 8.42 Å². The first-order valence-electron chi connectivity index (χ1n) is 6.43. The third-order valence-corrected chi connectivity index (χ3v) is 3.99. The highest BCUT2D eigenvalue weighted by molar-refractivity contribution is 7.86. The van der Waals surface area contributed by atoms with Crippen molar-refractivity contribution in [2.45, 2.75) is 6.92 Å². The molecule has 0 radical (unpaired) electrons. The van der Waals surface area contributed by atoms with E-state index in [-0.39, 0.29) is 0 Å². The van der Waals surface area contributed by atoms with E-state index in [2.05, 4.69) is 4.40 Å². The average Bonchev–Trinajstić information content (AvgIpc) is 2.45. The average molecular weight is 299 g/mol. The molecule has 1 aliphatic rings. The van der Waals surface area contributed by atoms with Gasteiger partial charge in [-0.15, -0.1) is 4.40 Å². The zero-order valence-corrected chi connectivity index (χ0v) is 12.2. The smallest absolute Gasteiger partial charge is 0.365 e. The topological polar surface area (TPSA) is 55.7 Å². The van der Waals surface area contributed by atoms with E-state index in [9.17, 15) is 8.42 Å². The number of aryl methyl sites for hydroxylation is 1. The van der Waals surface area contributed by atoms with Crippen LogP contribution in [0.5, 0.6) is 5.75 Å². The molecule has 0 saturated heterocycles. The van der Waals surface area contributed by atoms with Crippen molar-refractivity contribution >= 4 is 22.1 Å². The van der Waals surface area contributed by atoms with Crippen molar-refractivity contribution in [2.24, 2.45) is 4.40 Å². The maximum Gasteiger partial charge on any atom is 0.429 e. The second kappa shape index (κ2) is 5.18. The third kappa shape index (κ3) is 2.87. The Morgan fingerprint density at radius 1 is 1.00 bits per heavy atom. The van der Waals surface area contributed by atoms with Crippen LogP contribution in [-0.4, -0.2) is 14.1 Å². The highest BCUT2D eigenvalue weighted by Crippen LogP contribution is 2.26. The van der Waals surface area contributed by atoms with E-state index in [0.717, 1.165) is 11.1 Å². The van der Waals surface area contributed by atoms with Gasteiger partial charge in [0.1, 0.15) is 0 Å². The van der Waals surface area contributed by atoms with Gasteiger partial charge in [0.25, 0.3) is 0 Å². The molecule has 3 rings (SSSR count). The summed E-state index contributed by atoms with van der Waals surface area (Å²) in [7, 11) is -3.92. The Bertz CT molecular complexity index is 851. The molecule has 0 saturated carbocycles. The molecule has 0 fully saturated rings. The van der Waals surface area contributed by atoms with Crippen LogP contribution >= 0.6 is 0 Å². The number of hydrogen-bond donors (Lipinski definition) is 0. The van der Waals surface area contributed by atoms with Gasteiger partial charge in [-0.1, -0.05) is 42.5 Å². The Hall–Kier alpha value is -2.40. The van der Waals surface area contributed by atoms with Crippen LogP contribution in [0.2, 0.25) is 0 Å². The summed E-state index contributed by atoms with van der Waals surface area (Å²) in [5.74, 6) is 0.303. The molecular formula is C16H13NO3S. The lowest BCUT2D eigenvalue weighted by atomic mass is 10.1. The fourth-order valence-corrected chi connectivity index (χ4v) is 2.92. The highest BCUT2D eigenvalue weighted by atomic mass is 32.2. The standard InChI is InChI=1S/C16H13NO3S/c1-12-6-2-3-7-13(12)10-11-15-14-8-4-5-9-16(14)20-21(18,19)17-15/h2-11H,1H3/b11-10+. The summed E-state index contributed by atoms with van der Waals surface area (Å²) in [6.45, 7) is 2.00. The van der Waals surface area contributed by atoms with Gasteiger partial charge in [-0.25, -0.2) is 0 Å². The monoisotopic (exact) mass is 299 g/mol. The molecule has 2 aromatic carbocycles. The van der Waals surface area contributed by atoms with Crippen LogP contribution in [0.25, 0.3) is 6.08 Å². The summed E-state index contributed by atoms with van der Waals surface area (Å²) in [6, 6.07) is 14.8. The molecule has 1 aliphatic heterocycles. The number of rotatable bonds is 2. The third-order valence-electron chi connectivity index (χ3n) is 3.18. The van der Waals surface area contributed by atoms with Gasteiger partial charge in [0.15, 0.2) is 5.75 Å². The Kier molecular flexibility index (Phi) is 3.35. The van der Waals surface area contributed by atoms with E-state index < -0.39 is 10.3 Å². The molecule has 0 amide bonds. The summed E-state index contributed by atoms with van der Waals surface area (Å²) in [6.07, 6.45) is 3.55. The minimum absolute atomic E-state index is 0.303. The van der Waals surface area contributed by atoms with Crippen molar-refractivity contribution in [1.29, 1.82) is 0 Å². The van der Waals surface area contributed by atoms with Gasteiger partial charge >= 0.3 is 10.3 Å². The molecule has 0 N–H and O–H groups in total. The number of hydrogen-bond acceptors (Lipinski definition) is 3. The van der Waals surface area contributed by atoms with Crippen LogP contribution in [0.4, 0.5) is 0 Å². The van der Waals surface area contributed by atoms with Gasteiger partial charge in [0.05, 0.1) is 5.71 Å². The van der Waals surface area contributed by atoms with E-state index in [1.165, 1.54) is 0 Å². The number of para-hydroxylation sites is 1. The molecule has 106 valence electrons. The van der Waals surface area contributed by atoms with Crippen LogP contribution in [0, 0.1) is 6.92 Å². The zero-order chi connectivity index (χ0) is 14.9. The molecule has 2 aromatic rings. The van der Waals surface area contributed by atoms with E-state index in [1.54, 1.807) is 24.3 Å². The molecule has 0 spiro atoms. The normalized spacial score (nSPS) is 16.1. The van der Waals surface area contributed by atoms with Gasteiger partial charge in [0.2, 0.25) is 0 Å². The zero-order valence-electron chi connectivity index (χ0n) is 11.4. The largest absolute Gasteiger partial charge is 0.429 e. The van der Waals surface area contributed by atoms with Crippen LogP contribution in [0.15, 0.2) is 59.0 Å². The van der Waals surface area contributed by atoms with Crippen LogP contribution < -0.4 is 4.18 Å². The molecule has 4 nitrogen and oxygen atoms in total. The van der Waals surface area contributed by atoms with Crippen LogP contribution in [-0.2, 0) is 10.3 Å². The lowest BCUT2D eigenvalue weighted by Crippen LogP contribution is -2.17. The first-order valence-corrected chi connectivity index (χ1v) is 7.79. The van der Waals surface area contributed by atoms with Gasteiger partial charge in [-0.3, -0.25) is 0 Å². The number of nitrogens with zero attached hydrogens (tertiary/aromatic N) is 1. The van der Waals surface area contributed by atoms with Crippen molar-refractivity contribution in [3.8, 4) is 5.75 Å². The maximum absolute atomic E-state index is 11.7. The summed E-state index contributed by atoms with van der Waals surface area (Å²) in [5, 5.41) is 0. The molecule has 0 unspecified atom stereocenters. The van der Waals surface area contributed by atoms with Crippen molar-refractivity contribution in [2.75, 3.05) is 0 Å². The molecule has 0 aromatic heterocycles. The van der Waals surface area contributed by atoms with Crippen molar-refractivity contribution in [1.82, 2.24) is 0 Å². The molecule has 21 heavy (non-hydrogen) atoms. The number of benzene rings is 2. The minimum Gasteiger partial charge on any atom is -0.365 e. The fourth-order valence-electron chi connectivity index (χ4n) is 2.12. The van der Waals surface area contributed by atoms with Gasteiger partial charge < -0.3 is 4.18 Å². The summed E-state index contributed by atoms with van der Waals surface area (Å²) < 4.78 is 31.9. The lowest BCUT2D eigenvalue weighted by molar-refractivity contribution is 0.485.